The van der Waals surface area contributed by atoms with Crippen molar-refractivity contribution in [1.82, 2.24) is 9.97 Å². The summed E-state index contributed by atoms with van der Waals surface area (Å²) in [4.78, 5) is 10.9. The number of rotatable bonds is 7. The first-order valence-corrected chi connectivity index (χ1v) is 6.81. The molecule has 1 aromatic heterocycles. The van der Waals surface area contributed by atoms with Gasteiger partial charge in [-0.1, -0.05) is 12.1 Å². The van der Waals surface area contributed by atoms with Gasteiger partial charge < -0.3 is 10.0 Å². The zero-order chi connectivity index (χ0) is 14.4. The highest BCUT2D eigenvalue weighted by Crippen LogP contribution is 2.24. The van der Waals surface area contributed by atoms with Crippen LogP contribution in [0.5, 0.6) is 0 Å². The molecule has 4 N–H and O–H groups in total. The van der Waals surface area contributed by atoms with Gasteiger partial charge in [0.1, 0.15) is 5.82 Å². The Labute approximate surface area is 118 Å². The minimum absolute atomic E-state index is 0.251. The van der Waals surface area contributed by atoms with Crippen molar-refractivity contribution in [3.05, 3.63) is 24.3 Å². The monoisotopic (exact) mass is 275 g/mol. The smallest absolute Gasteiger partial charge is 0.239 e. The summed E-state index contributed by atoms with van der Waals surface area (Å²) < 4.78 is 0. The largest absolute Gasteiger partial charge is 0.396 e. The highest BCUT2D eigenvalue weighted by molar-refractivity contribution is 5.90. The molecule has 0 fully saturated rings. The molecule has 0 saturated carbocycles. The van der Waals surface area contributed by atoms with Crippen molar-refractivity contribution >= 4 is 22.7 Å². The highest BCUT2D eigenvalue weighted by atomic mass is 16.2. The van der Waals surface area contributed by atoms with Crippen LogP contribution in [-0.4, -0.2) is 35.3 Å². The van der Waals surface area contributed by atoms with E-state index in [0.29, 0.717) is 5.95 Å². The van der Waals surface area contributed by atoms with Crippen LogP contribution in [-0.2, 0) is 0 Å². The summed E-state index contributed by atoms with van der Waals surface area (Å²) in [7, 11) is 2.01. The number of nitrogen functional groups attached to an aromatic ring is 1. The van der Waals surface area contributed by atoms with Crippen LogP contribution in [0.2, 0.25) is 0 Å². The van der Waals surface area contributed by atoms with Gasteiger partial charge in [0, 0.05) is 25.6 Å². The molecule has 1 heterocycles. The Balaban J connectivity index is 2.22. The van der Waals surface area contributed by atoms with Gasteiger partial charge in [-0.25, -0.2) is 10.8 Å². The number of nitrogens with two attached hydrogens (primary N) is 1. The Bertz CT molecular complexity index is 560. The van der Waals surface area contributed by atoms with Crippen LogP contribution in [0, 0.1) is 0 Å². The zero-order valence-electron chi connectivity index (χ0n) is 11.7. The van der Waals surface area contributed by atoms with E-state index in [1.165, 1.54) is 0 Å². The summed E-state index contributed by atoms with van der Waals surface area (Å²) in [5, 5.41) is 9.81. The van der Waals surface area contributed by atoms with Crippen molar-refractivity contribution in [2.45, 2.75) is 19.3 Å². The Hall–Kier alpha value is -1.92. The predicted molar refractivity (Wildman–Crippen MR) is 81.6 cm³/mol. The number of hydrogen-bond donors (Lipinski definition) is 3. The molecule has 2 rings (SSSR count). The van der Waals surface area contributed by atoms with E-state index in [-0.39, 0.29) is 6.61 Å². The third kappa shape index (κ3) is 3.34. The van der Waals surface area contributed by atoms with Gasteiger partial charge >= 0.3 is 0 Å². The van der Waals surface area contributed by atoms with E-state index in [4.69, 9.17) is 10.9 Å². The van der Waals surface area contributed by atoms with Crippen molar-refractivity contribution in [3.63, 3.8) is 0 Å². The first kappa shape index (κ1) is 14.5. The van der Waals surface area contributed by atoms with Gasteiger partial charge in [0.15, 0.2) is 0 Å². The molecule has 0 atom stereocenters. The van der Waals surface area contributed by atoms with E-state index in [0.717, 1.165) is 42.5 Å². The minimum Gasteiger partial charge on any atom is -0.396 e. The number of benzene rings is 1. The van der Waals surface area contributed by atoms with Gasteiger partial charge in [-0.3, -0.25) is 5.43 Å². The first-order valence-electron chi connectivity index (χ1n) is 6.81. The lowest BCUT2D eigenvalue weighted by Crippen LogP contribution is -2.21. The Morgan fingerprint density at radius 2 is 2.00 bits per heavy atom. The molecule has 108 valence electrons. The molecule has 0 radical (unpaired) electrons. The number of hydrazine groups is 1. The van der Waals surface area contributed by atoms with Crippen molar-refractivity contribution in [1.29, 1.82) is 0 Å². The summed E-state index contributed by atoms with van der Waals surface area (Å²) in [5.74, 6) is 6.71. The first-order chi connectivity index (χ1) is 9.76. The second kappa shape index (κ2) is 7.02. The van der Waals surface area contributed by atoms with Gasteiger partial charge in [0.25, 0.3) is 0 Å². The summed E-state index contributed by atoms with van der Waals surface area (Å²) in [5.41, 5.74) is 3.38. The topological polar surface area (TPSA) is 87.3 Å². The summed E-state index contributed by atoms with van der Waals surface area (Å²) >= 11 is 0. The third-order valence-electron chi connectivity index (χ3n) is 3.23. The fourth-order valence-corrected chi connectivity index (χ4v) is 2.16. The Morgan fingerprint density at radius 1 is 1.20 bits per heavy atom. The molecule has 0 amide bonds. The molecule has 2 aromatic rings. The average Bonchev–Trinajstić information content (AvgIpc) is 2.50. The SMILES string of the molecule is CN(CCCCCO)c1nc(NN)nc2ccccc12. The molecule has 0 unspecified atom stereocenters. The van der Waals surface area contributed by atoms with Crippen molar-refractivity contribution in [3.8, 4) is 0 Å². The molecule has 0 aliphatic rings. The number of nitrogens with zero attached hydrogens (tertiary/aromatic N) is 3. The number of aliphatic hydroxyl groups excluding tert-OH is 1. The molecular formula is C14H21N5O. The van der Waals surface area contributed by atoms with Gasteiger partial charge in [-0.2, -0.15) is 4.98 Å². The highest BCUT2D eigenvalue weighted by Gasteiger charge is 2.10. The van der Waals surface area contributed by atoms with Crippen LogP contribution in [0.3, 0.4) is 0 Å². The van der Waals surface area contributed by atoms with Crippen molar-refractivity contribution in [2.24, 2.45) is 5.84 Å². The molecular weight excluding hydrogens is 254 g/mol. The standard InChI is InChI=1S/C14H21N5O/c1-19(9-5-2-6-10-20)13-11-7-3-4-8-12(11)16-14(17-13)18-15/h3-4,7-8,20H,2,5-6,9-10,15H2,1H3,(H,16,17,18). The molecule has 20 heavy (non-hydrogen) atoms. The normalized spacial score (nSPS) is 10.8. The van der Waals surface area contributed by atoms with Gasteiger partial charge in [-0.15, -0.1) is 0 Å². The minimum atomic E-state index is 0.251. The Kier molecular flexibility index (Phi) is 5.09. The second-order valence-electron chi connectivity index (χ2n) is 4.74. The van der Waals surface area contributed by atoms with E-state index < -0.39 is 0 Å². The van der Waals surface area contributed by atoms with Crippen molar-refractivity contribution in [2.75, 3.05) is 30.5 Å². The third-order valence-corrected chi connectivity index (χ3v) is 3.23. The number of anilines is 2. The van der Waals surface area contributed by atoms with Crippen LogP contribution in [0.1, 0.15) is 19.3 Å². The van der Waals surface area contributed by atoms with Crippen LogP contribution in [0.15, 0.2) is 24.3 Å². The quantitative estimate of drug-likeness (QED) is 0.403. The van der Waals surface area contributed by atoms with Gasteiger partial charge in [0.05, 0.1) is 5.52 Å². The average molecular weight is 275 g/mol. The fourth-order valence-electron chi connectivity index (χ4n) is 2.16. The van der Waals surface area contributed by atoms with E-state index in [1.807, 2.05) is 31.3 Å². The maximum atomic E-state index is 8.80. The number of aromatic nitrogens is 2. The molecule has 0 aliphatic heterocycles. The van der Waals surface area contributed by atoms with Crippen LogP contribution in [0.25, 0.3) is 10.9 Å². The van der Waals surface area contributed by atoms with E-state index in [1.54, 1.807) is 0 Å². The fraction of sp³-hybridized carbons (Fsp3) is 0.429. The summed E-state index contributed by atoms with van der Waals surface area (Å²) in [6.07, 6.45) is 2.86. The van der Waals surface area contributed by atoms with Crippen LogP contribution >= 0.6 is 0 Å². The molecule has 0 bridgehead atoms. The van der Waals surface area contributed by atoms with Gasteiger partial charge in [0.2, 0.25) is 5.95 Å². The van der Waals surface area contributed by atoms with Crippen molar-refractivity contribution < 1.29 is 5.11 Å². The molecule has 0 aliphatic carbocycles. The maximum absolute atomic E-state index is 8.80. The van der Waals surface area contributed by atoms with E-state index >= 15 is 0 Å². The Morgan fingerprint density at radius 3 is 2.75 bits per heavy atom. The van der Waals surface area contributed by atoms with E-state index in [9.17, 15) is 0 Å². The predicted octanol–water partition coefficient (Wildman–Crippen LogP) is 1.51. The summed E-state index contributed by atoms with van der Waals surface area (Å²) in [6.45, 7) is 1.13. The lowest BCUT2D eigenvalue weighted by Gasteiger charge is -2.20. The van der Waals surface area contributed by atoms with E-state index in [2.05, 4.69) is 20.3 Å². The molecule has 0 spiro atoms. The number of unbranched alkanes of at least 4 members (excludes halogenated alkanes) is 2. The molecule has 6 nitrogen and oxygen atoms in total. The number of para-hydroxylation sites is 1. The second-order valence-corrected chi connectivity index (χ2v) is 4.74. The number of nitrogens with one attached hydrogen (secondary N) is 1. The lowest BCUT2D eigenvalue weighted by molar-refractivity contribution is 0.283. The van der Waals surface area contributed by atoms with Gasteiger partial charge in [-0.05, 0) is 31.4 Å². The number of hydrogen-bond acceptors (Lipinski definition) is 6. The molecule has 6 heteroatoms. The number of aliphatic hydroxyl groups is 1. The summed E-state index contributed by atoms with van der Waals surface area (Å²) in [6, 6.07) is 7.88. The number of fused-ring (bicyclic) bond motifs is 1. The van der Waals surface area contributed by atoms with Crippen LogP contribution < -0.4 is 16.2 Å². The molecule has 0 saturated heterocycles. The molecule has 1 aromatic carbocycles. The maximum Gasteiger partial charge on any atom is 0.239 e. The lowest BCUT2D eigenvalue weighted by atomic mass is 10.2. The zero-order valence-corrected chi connectivity index (χ0v) is 11.7. The van der Waals surface area contributed by atoms with Crippen LogP contribution in [0.4, 0.5) is 11.8 Å².